The summed E-state index contributed by atoms with van der Waals surface area (Å²) in [4.78, 5) is 0.742. The molecule has 6 heteroatoms. The SMILES string of the molecule is O=S(O)c1ccc(SS)c(O)c1. The molecule has 0 spiro atoms. The molecule has 0 saturated heterocycles. The molecule has 1 rings (SSSR count). The fourth-order valence-corrected chi connectivity index (χ4v) is 1.82. The van der Waals surface area contributed by atoms with Crippen molar-refractivity contribution >= 4 is 33.5 Å². The normalized spacial score (nSPS) is 12.8. The van der Waals surface area contributed by atoms with E-state index in [-0.39, 0.29) is 10.6 Å². The summed E-state index contributed by atoms with van der Waals surface area (Å²) in [7, 11) is 1.08. The standard InChI is InChI=1S/C6H6O3S3/c7-5-3-4(12(8)9)1-2-6(5)11-10/h1-3,7,10H,(H,8,9). The van der Waals surface area contributed by atoms with Crippen LogP contribution in [-0.2, 0) is 11.1 Å². The zero-order chi connectivity index (χ0) is 9.14. The van der Waals surface area contributed by atoms with Gasteiger partial charge in [-0.2, -0.15) is 0 Å². The zero-order valence-electron chi connectivity index (χ0n) is 5.80. The number of benzene rings is 1. The Balaban J connectivity index is 3.10. The Morgan fingerprint density at radius 2 is 2.17 bits per heavy atom. The molecule has 0 amide bonds. The summed E-state index contributed by atoms with van der Waals surface area (Å²) in [6.07, 6.45) is 0. The molecule has 1 aromatic rings. The summed E-state index contributed by atoms with van der Waals surface area (Å²) in [5.41, 5.74) is 0. The lowest BCUT2D eigenvalue weighted by Gasteiger charge is -2.00. The molecule has 0 aromatic heterocycles. The third-order valence-corrected chi connectivity index (χ3v) is 3.02. The third-order valence-electron chi connectivity index (χ3n) is 1.23. The van der Waals surface area contributed by atoms with Gasteiger partial charge < -0.3 is 9.66 Å². The summed E-state index contributed by atoms with van der Waals surface area (Å²) in [5, 5.41) is 9.22. The molecule has 12 heavy (non-hydrogen) atoms. The highest BCUT2D eigenvalue weighted by Gasteiger charge is 2.04. The topological polar surface area (TPSA) is 57.5 Å². The second-order valence-electron chi connectivity index (χ2n) is 1.97. The molecule has 0 aliphatic rings. The van der Waals surface area contributed by atoms with Gasteiger partial charge in [-0.25, -0.2) is 4.21 Å². The molecule has 3 nitrogen and oxygen atoms in total. The van der Waals surface area contributed by atoms with Crippen LogP contribution in [0.2, 0.25) is 0 Å². The van der Waals surface area contributed by atoms with Crippen LogP contribution in [0.15, 0.2) is 28.0 Å². The summed E-state index contributed by atoms with van der Waals surface area (Å²) >= 11 is 1.84. The Morgan fingerprint density at radius 3 is 2.58 bits per heavy atom. The van der Waals surface area contributed by atoms with Gasteiger partial charge in [0.1, 0.15) is 5.75 Å². The molecule has 2 N–H and O–H groups in total. The van der Waals surface area contributed by atoms with Crippen LogP contribution < -0.4 is 0 Å². The molecule has 0 heterocycles. The van der Waals surface area contributed by atoms with Crippen LogP contribution >= 0.6 is 22.5 Å². The number of aromatic hydroxyl groups is 1. The lowest BCUT2D eigenvalue weighted by atomic mass is 10.3. The van der Waals surface area contributed by atoms with Crippen LogP contribution in [0.25, 0.3) is 0 Å². The van der Waals surface area contributed by atoms with Crippen LogP contribution in [-0.4, -0.2) is 13.9 Å². The first kappa shape index (κ1) is 9.91. The van der Waals surface area contributed by atoms with Crippen molar-refractivity contribution in [2.75, 3.05) is 0 Å². The maximum atomic E-state index is 10.5. The smallest absolute Gasteiger partial charge is 0.186 e. The molecule has 1 aromatic carbocycles. The Kier molecular flexibility index (Phi) is 3.45. The molecule has 0 fully saturated rings. The summed E-state index contributed by atoms with van der Waals surface area (Å²) in [5.74, 6) is -0.0325. The van der Waals surface area contributed by atoms with Crippen LogP contribution in [0.5, 0.6) is 5.75 Å². The lowest BCUT2D eigenvalue weighted by Crippen LogP contribution is -1.87. The van der Waals surface area contributed by atoms with Gasteiger partial charge in [0.05, 0.1) is 9.79 Å². The van der Waals surface area contributed by atoms with Crippen molar-refractivity contribution in [3.05, 3.63) is 18.2 Å². The quantitative estimate of drug-likeness (QED) is 0.406. The largest absolute Gasteiger partial charge is 0.507 e. The molecule has 0 saturated carbocycles. The number of phenolic OH excluding ortho intramolecular Hbond substituents is 1. The van der Waals surface area contributed by atoms with E-state index in [0.29, 0.717) is 4.90 Å². The van der Waals surface area contributed by atoms with Crippen molar-refractivity contribution in [2.45, 2.75) is 9.79 Å². The van der Waals surface area contributed by atoms with E-state index in [4.69, 9.17) is 4.55 Å². The van der Waals surface area contributed by atoms with Gasteiger partial charge in [0.15, 0.2) is 11.1 Å². The number of phenols is 1. The van der Waals surface area contributed by atoms with E-state index >= 15 is 0 Å². The first-order valence-electron chi connectivity index (χ1n) is 2.90. The molecule has 0 aliphatic heterocycles. The van der Waals surface area contributed by atoms with Gasteiger partial charge in [-0.1, -0.05) is 10.8 Å². The molecule has 0 bridgehead atoms. The maximum Gasteiger partial charge on any atom is 0.186 e. The van der Waals surface area contributed by atoms with Crippen molar-refractivity contribution < 1.29 is 13.9 Å². The van der Waals surface area contributed by atoms with E-state index in [0.717, 1.165) is 10.8 Å². The van der Waals surface area contributed by atoms with E-state index in [2.05, 4.69) is 11.7 Å². The summed E-state index contributed by atoms with van der Waals surface area (Å²) in [6.45, 7) is 0. The third kappa shape index (κ3) is 2.16. The van der Waals surface area contributed by atoms with E-state index < -0.39 is 11.1 Å². The highest BCUT2D eigenvalue weighted by atomic mass is 33.1. The highest BCUT2D eigenvalue weighted by molar-refractivity contribution is 8.68. The van der Waals surface area contributed by atoms with Crippen molar-refractivity contribution in [1.82, 2.24) is 0 Å². The lowest BCUT2D eigenvalue weighted by molar-refractivity contribution is 0.460. The van der Waals surface area contributed by atoms with E-state index in [9.17, 15) is 9.32 Å². The number of hydrogen-bond donors (Lipinski definition) is 3. The van der Waals surface area contributed by atoms with Gasteiger partial charge in [0, 0.05) is 0 Å². The van der Waals surface area contributed by atoms with Crippen molar-refractivity contribution in [3.8, 4) is 5.75 Å². The number of rotatable bonds is 2. The average molecular weight is 222 g/mol. The second kappa shape index (κ2) is 4.18. The second-order valence-corrected chi connectivity index (χ2v) is 4.11. The number of hydrogen-bond acceptors (Lipinski definition) is 4. The Labute approximate surface area is 81.3 Å². The first-order chi connectivity index (χ1) is 5.65. The van der Waals surface area contributed by atoms with Gasteiger partial charge >= 0.3 is 0 Å². The first-order valence-corrected chi connectivity index (χ1v) is 5.88. The highest BCUT2D eigenvalue weighted by Crippen LogP contribution is 2.31. The van der Waals surface area contributed by atoms with E-state index in [1.54, 1.807) is 0 Å². The predicted molar refractivity (Wildman–Crippen MR) is 52.0 cm³/mol. The van der Waals surface area contributed by atoms with Gasteiger partial charge in [0.25, 0.3) is 0 Å². The van der Waals surface area contributed by atoms with Crippen LogP contribution in [0.1, 0.15) is 0 Å². The molecular formula is C6H6O3S3. The Hall–Kier alpha value is -0.170. The summed E-state index contributed by atoms with van der Waals surface area (Å²) in [6, 6.07) is 4.25. The molecular weight excluding hydrogens is 216 g/mol. The molecule has 66 valence electrons. The zero-order valence-corrected chi connectivity index (χ0v) is 8.33. The van der Waals surface area contributed by atoms with Crippen LogP contribution in [0, 0.1) is 0 Å². The van der Waals surface area contributed by atoms with E-state index in [1.807, 2.05) is 0 Å². The predicted octanol–water partition coefficient (Wildman–Crippen LogP) is 1.91. The molecule has 1 atom stereocenters. The monoisotopic (exact) mass is 222 g/mol. The minimum atomic E-state index is -2.04. The van der Waals surface area contributed by atoms with Crippen molar-refractivity contribution in [1.29, 1.82) is 0 Å². The maximum absolute atomic E-state index is 10.5. The van der Waals surface area contributed by atoms with Gasteiger partial charge in [-0.3, -0.25) is 0 Å². The van der Waals surface area contributed by atoms with Crippen LogP contribution in [0.4, 0.5) is 0 Å². The minimum absolute atomic E-state index is 0.0325. The molecule has 1 unspecified atom stereocenters. The van der Waals surface area contributed by atoms with E-state index in [1.165, 1.54) is 18.2 Å². The fraction of sp³-hybridized carbons (Fsp3) is 0. The van der Waals surface area contributed by atoms with Gasteiger partial charge in [-0.15, -0.1) is 11.7 Å². The minimum Gasteiger partial charge on any atom is -0.507 e. The van der Waals surface area contributed by atoms with Crippen molar-refractivity contribution in [2.24, 2.45) is 0 Å². The Bertz CT molecular complexity index is 313. The molecule has 0 radical (unpaired) electrons. The van der Waals surface area contributed by atoms with Gasteiger partial charge in [-0.05, 0) is 18.2 Å². The average Bonchev–Trinajstić information content (AvgIpc) is 2.04. The van der Waals surface area contributed by atoms with Crippen LogP contribution in [0.3, 0.4) is 0 Å². The van der Waals surface area contributed by atoms with Crippen molar-refractivity contribution in [3.63, 3.8) is 0 Å². The fourth-order valence-electron chi connectivity index (χ4n) is 0.683. The summed E-state index contributed by atoms with van der Waals surface area (Å²) < 4.78 is 19.2. The molecule has 0 aliphatic carbocycles. The Morgan fingerprint density at radius 1 is 1.50 bits per heavy atom. The number of thiol groups is 1. The van der Waals surface area contributed by atoms with Gasteiger partial charge in [0.2, 0.25) is 0 Å².